The van der Waals surface area contributed by atoms with Crippen LogP contribution in [0.1, 0.15) is 56.3 Å². The number of aryl methyl sites for hydroxylation is 1. The van der Waals surface area contributed by atoms with Gasteiger partial charge in [0.25, 0.3) is 5.91 Å². The second kappa shape index (κ2) is 5.51. The van der Waals surface area contributed by atoms with Crippen LogP contribution in [0, 0.1) is 0 Å². The lowest BCUT2D eigenvalue weighted by atomic mass is 9.97. The maximum Gasteiger partial charge on any atom is 0.275 e. The van der Waals surface area contributed by atoms with Crippen molar-refractivity contribution in [1.82, 2.24) is 14.3 Å². The molecule has 0 N–H and O–H groups in total. The average molecular weight is 285 g/mol. The molecule has 21 heavy (non-hydrogen) atoms. The number of fused-ring (bicyclic) bond motifs is 1. The maximum atomic E-state index is 13.0. The number of hydrogen-bond acceptors (Lipinski definition) is 2. The molecule has 2 aromatic rings. The Kier molecular flexibility index (Phi) is 3.70. The number of pyridine rings is 1. The highest BCUT2D eigenvalue weighted by atomic mass is 16.2. The molecule has 0 radical (unpaired) electrons. The van der Waals surface area contributed by atoms with Crippen molar-refractivity contribution < 1.29 is 4.79 Å². The first kappa shape index (κ1) is 14.1. The zero-order valence-corrected chi connectivity index (χ0v) is 13.0. The summed E-state index contributed by atoms with van der Waals surface area (Å²) in [6.45, 7) is 6.36. The molecule has 3 rings (SSSR count). The molecule has 1 saturated heterocycles. The Morgan fingerprint density at radius 2 is 2.00 bits per heavy atom. The summed E-state index contributed by atoms with van der Waals surface area (Å²) in [5, 5.41) is 0. The number of aromatic nitrogens is 2. The lowest BCUT2D eigenvalue weighted by Crippen LogP contribution is -2.47. The van der Waals surface area contributed by atoms with Gasteiger partial charge in [-0.05, 0) is 45.2 Å². The van der Waals surface area contributed by atoms with Crippen molar-refractivity contribution in [3.05, 3.63) is 35.9 Å². The number of nitrogens with zero attached hydrogens (tertiary/aromatic N) is 3. The first-order chi connectivity index (χ1) is 10.1. The molecular formula is C17H23N3O. The summed E-state index contributed by atoms with van der Waals surface area (Å²) < 4.78 is 2.03. The minimum absolute atomic E-state index is 0.0816. The molecule has 112 valence electrons. The number of amides is 1. The number of piperidine rings is 1. The van der Waals surface area contributed by atoms with E-state index in [-0.39, 0.29) is 5.91 Å². The molecule has 2 aromatic heterocycles. The van der Waals surface area contributed by atoms with Crippen LogP contribution in [0.15, 0.2) is 24.4 Å². The van der Waals surface area contributed by atoms with Crippen molar-refractivity contribution in [1.29, 1.82) is 0 Å². The van der Waals surface area contributed by atoms with Crippen molar-refractivity contribution in [3.8, 4) is 0 Å². The summed E-state index contributed by atoms with van der Waals surface area (Å²) in [6, 6.07) is 6.53. The fourth-order valence-corrected chi connectivity index (χ4v) is 3.45. The third kappa shape index (κ3) is 2.33. The van der Waals surface area contributed by atoms with Gasteiger partial charge in [0.15, 0.2) is 5.69 Å². The van der Waals surface area contributed by atoms with Gasteiger partial charge in [0.2, 0.25) is 0 Å². The van der Waals surface area contributed by atoms with Crippen LogP contribution < -0.4 is 0 Å². The highest BCUT2D eigenvalue weighted by Crippen LogP contribution is 2.26. The third-order valence-electron chi connectivity index (χ3n) is 4.57. The van der Waals surface area contributed by atoms with Gasteiger partial charge in [-0.2, -0.15) is 0 Å². The van der Waals surface area contributed by atoms with Crippen LogP contribution in [-0.2, 0) is 6.42 Å². The minimum Gasteiger partial charge on any atom is -0.332 e. The minimum atomic E-state index is 0.0816. The van der Waals surface area contributed by atoms with Crippen LogP contribution in [0.4, 0.5) is 0 Å². The number of rotatable bonds is 2. The van der Waals surface area contributed by atoms with E-state index >= 15 is 0 Å². The zero-order chi connectivity index (χ0) is 15.0. The summed E-state index contributed by atoms with van der Waals surface area (Å²) in [6.07, 6.45) is 6.19. The van der Waals surface area contributed by atoms with Gasteiger partial charge >= 0.3 is 0 Å². The molecule has 1 aliphatic rings. The van der Waals surface area contributed by atoms with Gasteiger partial charge in [-0.3, -0.25) is 4.79 Å². The molecule has 3 heterocycles. The molecule has 0 aromatic carbocycles. The van der Waals surface area contributed by atoms with E-state index < -0.39 is 0 Å². The molecule has 1 fully saturated rings. The van der Waals surface area contributed by atoms with E-state index in [1.54, 1.807) is 0 Å². The summed E-state index contributed by atoms with van der Waals surface area (Å²) in [5.74, 6) is 1.03. The summed E-state index contributed by atoms with van der Waals surface area (Å²) in [5.41, 5.74) is 1.53. The predicted octanol–water partition coefficient (Wildman–Crippen LogP) is 3.30. The van der Waals surface area contributed by atoms with Crippen LogP contribution in [0.2, 0.25) is 0 Å². The molecular weight excluding hydrogens is 262 g/mol. The normalized spacial score (nSPS) is 22.7. The first-order valence-corrected chi connectivity index (χ1v) is 7.92. The topological polar surface area (TPSA) is 37.6 Å². The second-order valence-electron chi connectivity index (χ2n) is 6.03. The van der Waals surface area contributed by atoms with Crippen molar-refractivity contribution in [2.45, 2.75) is 58.5 Å². The van der Waals surface area contributed by atoms with Crippen LogP contribution in [-0.4, -0.2) is 32.3 Å². The van der Waals surface area contributed by atoms with Crippen molar-refractivity contribution >= 4 is 11.4 Å². The lowest BCUT2D eigenvalue weighted by molar-refractivity contribution is 0.0507. The van der Waals surface area contributed by atoms with E-state index in [9.17, 15) is 4.79 Å². The second-order valence-corrected chi connectivity index (χ2v) is 6.03. The Morgan fingerprint density at radius 3 is 2.67 bits per heavy atom. The molecule has 1 aliphatic heterocycles. The summed E-state index contributed by atoms with van der Waals surface area (Å²) >= 11 is 0. The number of carbonyl (C=O) groups is 1. The number of likely N-dealkylation sites (tertiary alicyclic amines) is 1. The monoisotopic (exact) mass is 285 g/mol. The standard InChI is InChI=1S/C17H23N3O/c1-4-15-18-16(14-10-5-6-11-19(14)15)17(21)20-12(2)8-7-9-13(20)3/h5-6,10-13H,4,7-9H2,1-3H3. The Bertz CT molecular complexity index is 651. The van der Waals surface area contributed by atoms with Crippen molar-refractivity contribution in [3.63, 3.8) is 0 Å². The first-order valence-electron chi connectivity index (χ1n) is 7.92. The lowest BCUT2D eigenvalue weighted by Gasteiger charge is -2.38. The van der Waals surface area contributed by atoms with E-state index in [4.69, 9.17) is 0 Å². The van der Waals surface area contributed by atoms with Crippen LogP contribution in [0.5, 0.6) is 0 Å². The fourth-order valence-electron chi connectivity index (χ4n) is 3.45. The number of carbonyl (C=O) groups excluding carboxylic acids is 1. The predicted molar refractivity (Wildman–Crippen MR) is 83.5 cm³/mol. The SMILES string of the molecule is CCc1nc(C(=O)N2C(C)CCCC2C)c2ccccn12. The smallest absolute Gasteiger partial charge is 0.275 e. The average Bonchev–Trinajstić information content (AvgIpc) is 2.86. The van der Waals surface area contributed by atoms with Crippen LogP contribution in [0.3, 0.4) is 0 Å². The summed E-state index contributed by atoms with van der Waals surface area (Å²) in [7, 11) is 0. The van der Waals surface area contributed by atoms with Gasteiger partial charge in [-0.1, -0.05) is 13.0 Å². The molecule has 0 bridgehead atoms. The van der Waals surface area contributed by atoms with Crippen molar-refractivity contribution in [2.24, 2.45) is 0 Å². The number of hydrogen-bond donors (Lipinski definition) is 0. The third-order valence-corrected chi connectivity index (χ3v) is 4.57. The van der Waals surface area contributed by atoms with Gasteiger partial charge in [0.05, 0.1) is 5.52 Å². The molecule has 0 saturated carbocycles. The van der Waals surface area contributed by atoms with Gasteiger partial charge in [-0.15, -0.1) is 0 Å². The molecule has 2 unspecified atom stereocenters. The number of imidazole rings is 1. The zero-order valence-electron chi connectivity index (χ0n) is 13.0. The van der Waals surface area contributed by atoms with Gasteiger partial charge in [0, 0.05) is 24.7 Å². The Hall–Kier alpha value is -1.84. The largest absolute Gasteiger partial charge is 0.332 e. The molecule has 4 nitrogen and oxygen atoms in total. The molecule has 0 aliphatic carbocycles. The van der Waals surface area contributed by atoms with Gasteiger partial charge in [-0.25, -0.2) is 4.98 Å². The van der Waals surface area contributed by atoms with Gasteiger partial charge < -0.3 is 9.30 Å². The summed E-state index contributed by atoms with van der Waals surface area (Å²) in [4.78, 5) is 19.7. The highest BCUT2D eigenvalue weighted by Gasteiger charge is 2.32. The van der Waals surface area contributed by atoms with E-state index in [1.165, 1.54) is 6.42 Å². The van der Waals surface area contributed by atoms with E-state index in [2.05, 4.69) is 25.8 Å². The molecule has 1 amide bonds. The Morgan fingerprint density at radius 1 is 1.29 bits per heavy atom. The van der Waals surface area contributed by atoms with E-state index in [1.807, 2.05) is 33.7 Å². The maximum absolute atomic E-state index is 13.0. The molecule has 0 spiro atoms. The van der Waals surface area contributed by atoms with Crippen molar-refractivity contribution in [2.75, 3.05) is 0 Å². The van der Waals surface area contributed by atoms with Gasteiger partial charge in [0.1, 0.15) is 5.82 Å². The molecule has 2 atom stereocenters. The Labute approximate surface area is 125 Å². The Balaban J connectivity index is 2.05. The molecule has 4 heteroatoms. The van der Waals surface area contributed by atoms with E-state index in [0.29, 0.717) is 17.8 Å². The fraction of sp³-hybridized carbons (Fsp3) is 0.529. The quantitative estimate of drug-likeness (QED) is 0.849. The van der Waals surface area contributed by atoms with Crippen LogP contribution in [0.25, 0.3) is 5.52 Å². The van der Waals surface area contributed by atoms with Crippen LogP contribution >= 0.6 is 0 Å². The van der Waals surface area contributed by atoms with E-state index in [0.717, 1.165) is 30.6 Å². The highest BCUT2D eigenvalue weighted by molar-refractivity contribution is 5.99.